The fourth-order valence-electron chi connectivity index (χ4n) is 3.48. The topological polar surface area (TPSA) is 87.7 Å². The van der Waals surface area contributed by atoms with E-state index < -0.39 is 0 Å². The van der Waals surface area contributed by atoms with Gasteiger partial charge in [-0.2, -0.15) is 0 Å². The number of carbonyl (C=O) groups is 2. The zero-order chi connectivity index (χ0) is 18.1. The molecule has 26 heavy (non-hydrogen) atoms. The number of benzene rings is 2. The average molecular weight is 352 g/mol. The van der Waals surface area contributed by atoms with Crippen LogP contribution in [-0.2, 0) is 4.79 Å². The molecule has 2 aromatic carbocycles. The van der Waals surface area contributed by atoms with Crippen LogP contribution in [0.4, 0.5) is 5.69 Å². The summed E-state index contributed by atoms with van der Waals surface area (Å²) in [7, 11) is 0. The zero-order valence-corrected chi connectivity index (χ0v) is 14.1. The lowest BCUT2D eigenvalue weighted by molar-refractivity contribution is -0.118. The van der Waals surface area contributed by atoms with E-state index in [2.05, 4.69) is 10.6 Å². The lowest BCUT2D eigenvalue weighted by atomic mass is 9.75. The molecule has 2 aromatic rings. The van der Waals surface area contributed by atoms with Gasteiger partial charge >= 0.3 is 0 Å². The predicted molar refractivity (Wildman–Crippen MR) is 95.9 cm³/mol. The minimum absolute atomic E-state index is 0.0509. The molecule has 2 amide bonds. The van der Waals surface area contributed by atoms with E-state index in [1.807, 2.05) is 30.3 Å². The predicted octanol–water partition coefficient (Wildman–Crippen LogP) is 2.26. The molecule has 6 nitrogen and oxygen atoms in total. The third-order valence-electron chi connectivity index (χ3n) is 4.94. The van der Waals surface area contributed by atoms with Crippen LogP contribution in [0, 0.1) is 5.92 Å². The molecule has 1 heterocycles. The molecule has 1 atom stereocenters. The van der Waals surface area contributed by atoms with E-state index in [0.717, 1.165) is 5.56 Å². The molecule has 1 aliphatic heterocycles. The number of hydrogen-bond donors (Lipinski definition) is 3. The van der Waals surface area contributed by atoms with E-state index in [-0.39, 0.29) is 36.5 Å². The number of amides is 2. The van der Waals surface area contributed by atoms with E-state index in [1.165, 1.54) is 0 Å². The standard InChI is InChI=1S/C20H20N2O4/c23-15-8-14(9-15)19(12-4-2-1-3-5-12)22-20(25)13-6-7-16-17(10-13)26-11-18(24)21-16/h1-7,10,14-15,19,23H,8-9,11H2,(H,21,24)(H,22,25)/t14?,15?,19-/m0/s1. The van der Waals surface area contributed by atoms with Crippen molar-refractivity contribution in [2.75, 3.05) is 11.9 Å². The quantitative estimate of drug-likeness (QED) is 0.788. The Kier molecular flexibility index (Phi) is 4.34. The van der Waals surface area contributed by atoms with Crippen LogP contribution in [0.2, 0.25) is 0 Å². The summed E-state index contributed by atoms with van der Waals surface area (Å²) in [5, 5.41) is 15.5. The maximum absolute atomic E-state index is 12.8. The van der Waals surface area contributed by atoms with Crippen LogP contribution in [0.3, 0.4) is 0 Å². The lowest BCUT2D eigenvalue weighted by Gasteiger charge is -2.38. The van der Waals surface area contributed by atoms with Crippen molar-refractivity contribution in [1.82, 2.24) is 5.32 Å². The molecule has 6 heteroatoms. The van der Waals surface area contributed by atoms with Crippen molar-refractivity contribution in [1.29, 1.82) is 0 Å². The zero-order valence-electron chi connectivity index (χ0n) is 14.1. The van der Waals surface area contributed by atoms with Crippen molar-refractivity contribution in [3.63, 3.8) is 0 Å². The number of hydrogen-bond acceptors (Lipinski definition) is 4. The van der Waals surface area contributed by atoms with Crippen LogP contribution in [-0.4, -0.2) is 29.6 Å². The molecule has 0 saturated heterocycles. The Morgan fingerprint density at radius 2 is 1.96 bits per heavy atom. The smallest absolute Gasteiger partial charge is 0.262 e. The van der Waals surface area contributed by atoms with Crippen LogP contribution in [0.5, 0.6) is 5.75 Å². The van der Waals surface area contributed by atoms with Gasteiger partial charge in [0.15, 0.2) is 6.61 Å². The molecule has 2 aliphatic rings. The summed E-state index contributed by atoms with van der Waals surface area (Å²) < 4.78 is 5.38. The van der Waals surface area contributed by atoms with Gasteiger partial charge in [0.1, 0.15) is 5.75 Å². The highest BCUT2D eigenvalue weighted by Crippen LogP contribution is 2.38. The third kappa shape index (κ3) is 3.28. The SMILES string of the molecule is O=C1COc2cc(C(=O)N[C@@H](c3ccccc3)C3CC(O)C3)ccc2N1. The monoisotopic (exact) mass is 352 g/mol. The molecule has 1 fully saturated rings. The molecule has 0 bridgehead atoms. The number of aliphatic hydroxyl groups is 1. The van der Waals surface area contributed by atoms with E-state index in [9.17, 15) is 14.7 Å². The van der Waals surface area contributed by atoms with E-state index in [0.29, 0.717) is 29.8 Å². The first-order chi connectivity index (χ1) is 12.6. The van der Waals surface area contributed by atoms with Crippen LogP contribution < -0.4 is 15.4 Å². The summed E-state index contributed by atoms with van der Waals surface area (Å²) in [6.07, 6.45) is 1.07. The molecule has 1 saturated carbocycles. The number of ether oxygens (including phenoxy) is 1. The van der Waals surface area contributed by atoms with Crippen molar-refractivity contribution in [2.45, 2.75) is 25.0 Å². The number of carbonyl (C=O) groups excluding carboxylic acids is 2. The van der Waals surface area contributed by atoms with Gasteiger partial charge in [-0.05, 0) is 42.5 Å². The van der Waals surface area contributed by atoms with Crippen molar-refractivity contribution in [3.8, 4) is 5.75 Å². The summed E-state index contributed by atoms with van der Waals surface area (Å²) in [5.74, 6) is 0.294. The Hall–Kier alpha value is -2.86. The normalized spacial score (nSPS) is 22.3. The van der Waals surface area contributed by atoms with Crippen LogP contribution >= 0.6 is 0 Å². The second-order valence-electron chi connectivity index (χ2n) is 6.79. The van der Waals surface area contributed by atoms with Gasteiger partial charge in [-0.1, -0.05) is 30.3 Å². The second kappa shape index (κ2) is 6.80. The van der Waals surface area contributed by atoms with Crippen molar-refractivity contribution in [3.05, 3.63) is 59.7 Å². The molecular weight excluding hydrogens is 332 g/mol. The highest BCUT2D eigenvalue weighted by Gasteiger charge is 2.35. The summed E-state index contributed by atoms with van der Waals surface area (Å²) in [6, 6.07) is 14.6. The molecule has 134 valence electrons. The Bertz CT molecular complexity index is 831. The minimum atomic E-state index is -0.288. The summed E-state index contributed by atoms with van der Waals surface area (Å²) in [5.41, 5.74) is 2.07. The molecule has 0 radical (unpaired) electrons. The van der Waals surface area contributed by atoms with Crippen LogP contribution in [0.15, 0.2) is 48.5 Å². The molecular formula is C20H20N2O4. The van der Waals surface area contributed by atoms with Gasteiger partial charge in [-0.25, -0.2) is 0 Å². The fraction of sp³-hybridized carbons (Fsp3) is 0.300. The van der Waals surface area contributed by atoms with E-state index in [1.54, 1.807) is 18.2 Å². The second-order valence-corrected chi connectivity index (χ2v) is 6.79. The number of anilines is 1. The largest absolute Gasteiger partial charge is 0.482 e. The van der Waals surface area contributed by atoms with Gasteiger partial charge < -0.3 is 20.5 Å². The summed E-state index contributed by atoms with van der Waals surface area (Å²) >= 11 is 0. The number of rotatable bonds is 4. The molecule has 0 spiro atoms. The molecule has 3 N–H and O–H groups in total. The number of fused-ring (bicyclic) bond motifs is 1. The molecule has 4 rings (SSSR count). The average Bonchev–Trinajstić information content (AvgIpc) is 2.64. The highest BCUT2D eigenvalue weighted by atomic mass is 16.5. The number of nitrogens with one attached hydrogen (secondary N) is 2. The first-order valence-corrected chi connectivity index (χ1v) is 8.71. The fourth-order valence-corrected chi connectivity index (χ4v) is 3.48. The highest BCUT2D eigenvalue weighted by molar-refractivity contribution is 5.99. The van der Waals surface area contributed by atoms with Crippen molar-refractivity contribution < 1.29 is 19.4 Å². The van der Waals surface area contributed by atoms with Gasteiger partial charge in [-0.15, -0.1) is 0 Å². The van der Waals surface area contributed by atoms with Gasteiger partial charge in [0.2, 0.25) is 0 Å². The minimum Gasteiger partial charge on any atom is -0.482 e. The number of aliphatic hydroxyl groups excluding tert-OH is 1. The Balaban J connectivity index is 1.54. The van der Waals surface area contributed by atoms with Gasteiger partial charge in [0, 0.05) is 5.56 Å². The molecule has 0 unspecified atom stereocenters. The Labute approximate surface area is 151 Å². The van der Waals surface area contributed by atoms with E-state index >= 15 is 0 Å². The Morgan fingerprint density at radius 1 is 1.19 bits per heavy atom. The lowest BCUT2D eigenvalue weighted by Crippen LogP contribution is -2.41. The van der Waals surface area contributed by atoms with Crippen LogP contribution in [0.25, 0.3) is 0 Å². The molecule has 0 aromatic heterocycles. The molecule has 1 aliphatic carbocycles. The third-order valence-corrected chi connectivity index (χ3v) is 4.94. The van der Waals surface area contributed by atoms with Crippen molar-refractivity contribution >= 4 is 17.5 Å². The van der Waals surface area contributed by atoms with Gasteiger partial charge in [0.05, 0.1) is 17.8 Å². The summed E-state index contributed by atoms with van der Waals surface area (Å²) in [4.78, 5) is 24.1. The van der Waals surface area contributed by atoms with Crippen LogP contribution in [0.1, 0.15) is 34.8 Å². The first kappa shape index (κ1) is 16.6. The van der Waals surface area contributed by atoms with Gasteiger partial charge in [-0.3, -0.25) is 9.59 Å². The van der Waals surface area contributed by atoms with E-state index in [4.69, 9.17) is 4.74 Å². The first-order valence-electron chi connectivity index (χ1n) is 8.71. The maximum atomic E-state index is 12.8. The van der Waals surface area contributed by atoms with Crippen molar-refractivity contribution in [2.24, 2.45) is 5.92 Å². The maximum Gasteiger partial charge on any atom is 0.262 e. The summed E-state index contributed by atoms with van der Waals surface area (Å²) in [6.45, 7) is -0.0509. The van der Waals surface area contributed by atoms with Gasteiger partial charge in [0.25, 0.3) is 11.8 Å². The Morgan fingerprint density at radius 3 is 2.69 bits per heavy atom.